The van der Waals surface area contributed by atoms with E-state index in [0.29, 0.717) is 4.88 Å². The molecule has 1 N–H and O–H groups in total. The van der Waals surface area contributed by atoms with E-state index in [4.69, 9.17) is 0 Å². The summed E-state index contributed by atoms with van der Waals surface area (Å²) in [5.74, 6) is -0.996. The molecule has 1 heterocycles. The van der Waals surface area contributed by atoms with E-state index in [1.54, 1.807) is 0 Å². The Morgan fingerprint density at radius 3 is 2.43 bits per heavy atom. The second-order valence-corrected chi connectivity index (χ2v) is 5.74. The van der Waals surface area contributed by atoms with Crippen LogP contribution in [0, 0.1) is 6.92 Å². The largest absolute Gasteiger partial charge is 0.476 e. The lowest BCUT2D eigenvalue weighted by Gasteiger charge is -1.97. The molecule has 0 saturated carbocycles. The molecule has 3 rings (SSSR count). The summed E-state index contributed by atoms with van der Waals surface area (Å²) in [5, 5.41) is 10.1. The maximum Gasteiger partial charge on any atom is 0.356 e. The van der Waals surface area contributed by atoms with Gasteiger partial charge < -0.3 is 5.11 Å². The number of benzene rings is 2. The molecule has 1 aromatic heterocycles. The maximum atomic E-state index is 11.5. The molecule has 0 aliphatic heterocycles. The van der Waals surface area contributed by atoms with Crippen LogP contribution in [-0.4, -0.2) is 16.1 Å². The van der Waals surface area contributed by atoms with Crippen molar-refractivity contribution in [3.05, 3.63) is 65.9 Å². The van der Waals surface area contributed by atoms with Crippen molar-refractivity contribution in [3.63, 3.8) is 0 Å². The first kappa shape index (κ1) is 13.5. The van der Waals surface area contributed by atoms with Crippen LogP contribution in [0.1, 0.15) is 16.1 Å². The highest BCUT2D eigenvalue weighted by atomic mass is 32.1. The Labute approximate surface area is 126 Å². The maximum absolute atomic E-state index is 11.5. The first-order valence-corrected chi connectivity index (χ1v) is 7.33. The average molecular weight is 295 g/mol. The Morgan fingerprint density at radius 2 is 1.76 bits per heavy atom. The second kappa shape index (κ2) is 5.50. The number of carboxylic acid groups (broad SMARTS) is 1. The lowest BCUT2D eigenvalue weighted by atomic mass is 10.1. The summed E-state index contributed by atoms with van der Waals surface area (Å²) in [7, 11) is 0. The standard InChI is InChI=1S/C17H13NO2S/c1-11-6-5-9-13(10-11)16-18-14(17(19)20)15(21-16)12-7-3-2-4-8-12/h2-10H,1H3,(H,19,20). The molecule has 0 bridgehead atoms. The van der Waals surface area contributed by atoms with E-state index in [0.717, 1.165) is 21.7 Å². The number of thiazole rings is 1. The summed E-state index contributed by atoms with van der Waals surface area (Å²) in [5.41, 5.74) is 3.07. The Morgan fingerprint density at radius 1 is 1.05 bits per heavy atom. The third-order valence-electron chi connectivity index (χ3n) is 3.13. The quantitative estimate of drug-likeness (QED) is 0.775. The number of nitrogens with zero attached hydrogens (tertiary/aromatic N) is 1. The van der Waals surface area contributed by atoms with Gasteiger partial charge in [-0.3, -0.25) is 0 Å². The van der Waals surface area contributed by atoms with Crippen molar-refractivity contribution in [1.82, 2.24) is 4.98 Å². The van der Waals surface area contributed by atoms with Gasteiger partial charge in [0, 0.05) is 5.56 Å². The zero-order chi connectivity index (χ0) is 14.8. The molecule has 0 spiro atoms. The fourth-order valence-corrected chi connectivity index (χ4v) is 3.21. The molecule has 0 radical (unpaired) electrons. The number of carbonyl (C=O) groups is 1. The Kier molecular flexibility index (Phi) is 3.54. The van der Waals surface area contributed by atoms with Crippen molar-refractivity contribution >= 4 is 17.3 Å². The van der Waals surface area contributed by atoms with Crippen LogP contribution < -0.4 is 0 Å². The van der Waals surface area contributed by atoms with Crippen molar-refractivity contribution in [3.8, 4) is 21.0 Å². The predicted octanol–water partition coefficient (Wildman–Crippen LogP) is 4.48. The van der Waals surface area contributed by atoms with Gasteiger partial charge in [-0.2, -0.15) is 0 Å². The van der Waals surface area contributed by atoms with Crippen LogP contribution >= 0.6 is 11.3 Å². The third-order valence-corrected chi connectivity index (χ3v) is 4.28. The van der Waals surface area contributed by atoms with E-state index in [2.05, 4.69) is 4.98 Å². The van der Waals surface area contributed by atoms with Crippen molar-refractivity contribution in [2.45, 2.75) is 6.92 Å². The van der Waals surface area contributed by atoms with Crippen LogP contribution in [0.5, 0.6) is 0 Å². The van der Waals surface area contributed by atoms with Gasteiger partial charge in [0.05, 0.1) is 4.88 Å². The Balaban J connectivity index is 2.15. The SMILES string of the molecule is Cc1cccc(-c2nc(C(=O)O)c(-c3ccccc3)s2)c1. The first-order valence-electron chi connectivity index (χ1n) is 6.52. The zero-order valence-corrected chi connectivity index (χ0v) is 12.2. The van der Waals surface area contributed by atoms with Crippen molar-refractivity contribution in [2.75, 3.05) is 0 Å². The first-order chi connectivity index (χ1) is 10.1. The van der Waals surface area contributed by atoms with Crippen LogP contribution in [0.15, 0.2) is 54.6 Å². The lowest BCUT2D eigenvalue weighted by molar-refractivity contribution is 0.0692. The van der Waals surface area contributed by atoms with Gasteiger partial charge in [0.2, 0.25) is 0 Å². The molecule has 0 saturated heterocycles. The van der Waals surface area contributed by atoms with Gasteiger partial charge in [0.15, 0.2) is 5.69 Å². The molecule has 104 valence electrons. The smallest absolute Gasteiger partial charge is 0.356 e. The molecule has 0 amide bonds. The average Bonchev–Trinajstić information content (AvgIpc) is 2.93. The summed E-state index contributed by atoms with van der Waals surface area (Å²) in [6.45, 7) is 2.01. The fraction of sp³-hybridized carbons (Fsp3) is 0.0588. The number of carboxylic acids is 1. The molecule has 3 aromatic rings. The summed E-state index contributed by atoms with van der Waals surface area (Å²) in [4.78, 5) is 16.5. The van der Waals surface area contributed by atoms with Gasteiger partial charge in [-0.25, -0.2) is 9.78 Å². The van der Waals surface area contributed by atoms with E-state index in [1.807, 2.05) is 61.5 Å². The third kappa shape index (κ3) is 2.71. The minimum Gasteiger partial charge on any atom is -0.476 e. The molecule has 2 aromatic carbocycles. The number of aryl methyl sites for hydroxylation is 1. The van der Waals surface area contributed by atoms with E-state index in [1.165, 1.54) is 11.3 Å². The second-order valence-electron chi connectivity index (χ2n) is 4.74. The van der Waals surface area contributed by atoms with Crippen LogP contribution in [0.4, 0.5) is 0 Å². The predicted molar refractivity (Wildman–Crippen MR) is 84.7 cm³/mol. The topological polar surface area (TPSA) is 50.2 Å². The van der Waals surface area contributed by atoms with Gasteiger partial charge in [-0.15, -0.1) is 11.3 Å². The number of hydrogen-bond donors (Lipinski definition) is 1. The minimum atomic E-state index is -0.996. The number of aromatic carboxylic acids is 1. The molecule has 0 fully saturated rings. The molecule has 21 heavy (non-hydrogen) atoms. The number of rotatable bonds is 3. The molecule has 0 atom stereocenters. The summed E-state index contributed by atoms with van der Waals surface area (Å²) in [6.07, 6.45) is 0. The summed E-state index contributed by atoms with van der Waals surface area (Å²) in [6, 6.07) is 17.4. The summed E-state index contributed by atoms with van der Waals surface area (Å²) < 4.78 is 0. The fourth-order valence-electron chi connectivity index (χ4n) is 2.15. The van der Waals surface area contributed by atoms with E-state index in [9.17, 15) is 9.90 Å². The molecule has 0 unspecified atom stereocenters. The van der Waals surface area contributed by atoms with Crippen LogP contribution in [0.2, 0.25) is 0 Å². The van der Waals surface area contributed by atoms with Crippen LogP contribution in [0.25, 0.3) is 21.0 Å². The van der Waals surface area contributed by atoms with Gasteiger partial charge in [-0.1, -0.05) is 54.1 Å². The van der Waals surface area contributed by atoms with E-state index in [-0.39, 0.29) is 5.69 Å². The molecular formula is C17H13NO2S. The van der Waals surface area contributed by atoms with E-state index >= 15 is 0 Å². The van der Waals surface area contributed by atoms with E-state index < -0.39 is 5.97 Å². The number of hydrogen-bond acceptors (Lipinski definition) is 3. The van der Waals surface area contributed by atoms with Gasteiger partial charge in [0.1, 0.15) is 5.01 Å². The summed E-state index contributed by atoms with van der Waals surface area (Å²) >= 11 is 1.41. The Bertz CT molecular complexity index is 794. The van der Waals surface area contributed by atoms with Crippen molar-refractivity contribution < 1.29 is 9.90 Å². The molecule has 4 heteroatoms. The normalized spacial score (nSPS) is 10.5. The molecular weight excluding hydrogens is 282 g/mol. The van der Waals surface area contributed by atoms with Gasteiger partial charge in [0.25, 0.3) is 0 Å². The highest BCUT2D eigenvalue weighted by Crippen LogP contribution is 2.35. The Hall–Kier alpha value is -2.46. The monoisotopic (exact) mass is 295 g/mol. The van der Waals surface area contributed by atoms with Crippen molar-refractivity contribution in [2.24, 2.45) is 0 Å². The van der Waals surface area contributed by atoms with Crippen LogP contribution in [0.3, 0.4) is 0 Å². The van der Waals surface area contributed by atoms with Crippen molar-refractivity contribution in [1.29, 1.82) is 0 Å². The zero-order valence-electron chi connectivity index (χ0n) is 11.4. The van der Waals surface area contributed by atoms with Gasteiger partial charge in [-0.05, 0) is 18.6 Å². The highest BCUT2D eigenvalue weighted by Gasteiger charge is 2.19. The molecule has 0 aliphatic rings. The number of aromatic nitrogens is 1. The van der Waals surface area contributed by atoms with Gasteiger partial charge >= 0.3 is 5.97 Å². The van der Waals surface area contributed by atoms with Crippen LogP contribution in [-0.2, 0) is 0 Å². The minimum absolute atomic E-state index is 0.114. The molecule has 3 nitrogen and oxygen atoms in total. The lowest BCUT2D eigenvalue weighted by Crippen LogP contribution is -1.98. The molecule has 0 aliphatic carbocycles. The highest BCUT2D eigenvalue weighted by molar-refractivity contribution is 7.18.